The van der Waals surface area contributed by atoms with E-state index >= 15 is 0 Å². The van der Waals surface area contributed by atoms with Crippen molar-refractivity contribution >= 4 is 11.7 Å². The number of nitrogens with one attached hydrogen (secondary N) is 2. The van der Waals surface area contributed by atoms with E-state index in [9.17, 15) is 4.79 Å². The second-order valence-corrected chi connectivity index (χ2v) is 3.95. The van der Waals surface area contributed by atoms with Crippen molar-refractivity contribution in [3.8, 4) is 0 Å². The van der Waals surface area contributed by atoms with Gasteiger partial charge in [0.1, 0.15) is 5.69 Å². The van der Waals surface area contributed by atoms with Crippen LogP contribution in [0.2, 0.25) is 0 Å². The molecule has 1 aromatic rings. The fourth-order valence-corrected chi connectivity index (χ4v) is 1.09. The lowest BCUT2D eigenvalue weighted by Gasteiger charge is -2.04. The maximum absolute atomic E-state index is 11.5. The fourth-order valence-electron chi connectivity index (χ4n) is 1.09. The number of H-pyrrole nitrogens is 1. The van der Waals surface area contributed by atoms with Gasteiger partial charge in [-0.1, -0.05) is 13.8 Å². The van der Waals surface area contributed by atoms with Crippen LogP contribution in [0.15, 0.2) is 6.20 Å². The molecule has 0 saturated carbocycles. The second-order valence-electron chi connectivity index (χ2n) is 3.95. The molecule has 0 aliphatic heterocycles. The summed E-state index contributed by atoms with van der Waals surface area (Å²) in [6.07, 6.45) is 1.65. The van der Waals surface area contributed by atoms with E-state index in [-0.39, 0.29) is 11.7 Å². The molecule has 0 unspecified atom stereocenters. The van der Waals surface area contributed by atoms with E-state index in [0.717, 1.165) is 0 Å². The average Bonchev–Trinajstić information content (AvgIpc) is 2.50. The van der Waals surface area contributed by atoms with E-state index in [1.165, 1.54) is 0 Å². The van der Waals surface area contributed by atoms with Gasteiger partial charge in [0.15, 0.2) is 5.78 Å². The molecule has 0 aliphatic rings. The fraction of sp³-hybridized carbons (Fsp3) is 0.600. The molecule has 0 aliphatic carbocycles. The summed E-state index contributed by atoms with van der Waals surface area (Å²) in [6.45, 7) is 7.78. The maximum atomic E-state index is 11.5. The minimum absolute atomic E-state index is 0.00907. The van der Waals surface area contributed by atoms with Gasteiger partial charge in [-0.15, -0.1) is 0 Å². The van der Waals surface area contributed by atoms with Crippen molar-refractivity contribution in [3.05, 3.63) is 11.9 Å². The highest BCUT2D eigenvalue weighted by atomic mass is 16.1. The first-order valence-corrected chi connectivity index (χ1v) is 4.87. The van der Waals surface area contributed by atoms with Crippen molar-refractivity contribution in [2.45, 2.75) is 33.7 Å². The number of Topliss-reactive ketones (excluding diaryl/α,β-unsaturated/α-hetero) is 1. The summed E-state index contributed by atoms with van der Waals surface area (Å²) in [5.74, 6) is 0.715. The van der Waals surface area contributed by atoms with Crippen molar-refractivity contribution in [2.24, 2.45) is 5.92 Å². The Labute approximate surface area is 84.1 Å². The quantitative estimate of drug-likeness (QED) is 0.723. The Morgan fingerprint density at radius 2 is 2.07 bits per heavy atom. The van der Waals surface area contributed by atoms with Crippen molar-refractivity contribution < 1.29 is 4.79 Å². The topological polar surface area (TPSA) is 57.8 Å². The van der Waals surface area contributed by atoms with Crippen LogP contribution in [0.4, 0.5) is 5.95 Å². The average molecular weight is 195 g/mol. The van der Waals surface area contributed by atoms with Gasteiger partial charge in [0, 0.05) is 18.2 Å². The standard InChI is InChI=1S/C10H17N3O/c1-6(2)9(14)8-5-11-10(13-8)12-7(3)4/h5-7H,1-4H3,(H2,11,12,13). The van der Waals surface area contributed by atoms with Crippen molar-refractivity contribution in [1.82, 2.24) is 9.97 Å². The molecule has 1 heterocycles. The Morgan fingerprint density at radius 1 is 1.43 bits per heavy atom. The molecule has 78 valence electrons. The van der Waals surface area contributed by atoms with Gasteiger partial charge in [0.25, 0.3) is 0 Å². The summed E-state index contributed by atoms with van der Waals surface area (Å²) >= 11 is 0. The molecule has 4 heteroatoms. The van der Waals surface area contributed by atoms with E-state index in [4.69, 9.17) is 0 Å². The summed E-state index contributed by atoms with van der Waals surface area (Å²) in [7, 11) is 0. The van der Waals surface area contributed by atoms with Crippen LogP contribution in [-0.2, 0) is 0 Å². The molecule has 0 bridgehead atoms. The Hall–Kier alpha value is -1.32. The van der Waals surface area contributed by atoms with Crippen molar-refractivity contribution in [2.75, 3.05) is 5.32 Å². The predicted molar refractivity (Wildman–Crippen MR) is 56.5 cm³/mol. The third-order valence-electron chi connectivity index (χ3n) is 1.78. The Bertz CT molecular complexity index is 315. The van der Waals surface area contributed by atoms with E-state index in [1.54, 1.807) is 6.20 Å². The lowest BCUT2D eigenvalue weighted by Crippen LogP contribution is -2.12. The normalized spacial score (nSPS) is 11.0. The molecule has 0 spiro atoms. The molecule has 1 aromatic heterocycles. The smallest absolute Gasteiger partial charge is 0.201 e. The zero-order valence-electron chi connectivity index (χ0n) is 9.09. The largest absolute Gasteiger partial charge is 0.354 e. The summed E-state index contributed by atoms with van der Waals surface area (Å²) in [5, 5.41) is 3.10. The highest BCUT2D eigenvalue weighted by molar-refractivity contribution is 5.95. The molecule has 0 saturated heterocycles. The summed E-state index contributed by atoms with van der Waals surface area (Å²) in [5.41, 5.74) is 0.503. The number of hydrogen-bond acceptors (Lipinski definition) is 3. The minimum Gasteiger partial charge on any atom is -0.354 e. The molecule has 4 nitrogen and oxygen atoms in total. The van der Waals surface area contributed by atoms with E-state index in [2.05, 4.69) is 15.3 Å². The minimum atomic E-state index is -0.00907. The lowest BCUT2D eigenvalue weighted by atomic mass is 10.1. The molecule has 14 heavy (non-hydrogen) atoms. The Balaban J connectivity index is 2.73. The monoisotopic (exact) mass is 195 g/mol. The Kier molecular flexibility index (Phi) is 3.28. The summed E-state index contributed by atoms with van der Waals surface area (Å²) in [6, 6.07) is 0.308. The van der Waals surface area contributed by atoms with Gasteiger partial charge in [0.05, 0.1) is 0 Å². The number of carbonyl (C=O) groups is 1. The van der Waals surface area contributed by atoms with Crippen LogP contribution in [0.1, 0.15) is 38.2 Å². The number of imidazole rings is 1. The number of anilines is 1. The molecule has 0 fully saturated rings. The van der Waals surface area contributed by atoms with Crippen LogP contribution in [-0.4, -0.2) is 21.8 Å². The van der Waals surface area contributed by atoms with Gasteiger partial charge < -0.3 is 10.3 Å². The van der Waals surface area contributed by atoms with Crippen molar-refractivity contribution in [1.29, 1.82) is 0 Å². The zero-order chi connectivity index (χ0) is 10.7. The first kappa shape index (κ1) is 10.8. The third kappa shape index (κ3) is 2.58. The van der Waals surface area contributed by atoms with Crippen LogP contribution < -0.4 is 5.32 Å². The SMILES string of the molecule is CC(C)Nc1nc(C(=O)C(C)C)c[nH]1. The highest BCUT2D eigenvalue weighted by Crippen LogP contribution is 2.09. The molecule has 0 radical (unpaired) electrons. The van der Waals surface area contributed by atoms with Gasteiger partial charge in [-0.05, 0) is 13.8 Å². The lowest BCUT2D eigenvalue weighted by molar-refractivity contribution is 0.0935. The first-order valence-electron chi connectivity index (χ1n) is 4.87. The number of aromatic nitrogens is 2. The third-order valence-corrected chi connectivity index (χ3v) is 1.78. The van der Waals surface area contributed by atoms with Crippen LogP contribution in [0, 0.1) is 5.92 Å². The number of rotatable bonds is 4. The van der Waals surface area contributed by atoms with Crippen LogP contribution in [0.25, 0.3) is 0 Å². The van der Waals surface area contributed by atoms with Crippen LogP contribution in [0.3, 0.4) is 0 Å². The van der Waals surface area contributed by atoms with Gasteiger partial charge in [0.2, 0.25) is 5.95 Å². The zero-order valence-corrected chi connectivity index (χ0v) is 9.09. The molecule has 0 atom stereocenters. The first-order chi connectivity index (χ1) is 6.50. The number of carbonyl (C=O) groups excluding carboxylic acids is 1. The predicted octanol–water partition coefficient (Wildman–Crippen LogP) is 2.07. The molecular weight excluding hydrogens is 178 g/mol. The van der Waals surface area contributed by atoms with Crippen LogP contribution in [0.5, 0.6) is 0 Å². The van der Waals surface area contributed by atoms with E-state index < -0.39 is 0 Å². The highest BCUT2D eigenvalue weighted by Gasteiger charge is 2.13. The number of nitrogens with zero attached hydrogens (tertiary/aromatic N) is 1. The molecule has 1 rings (SSSR count). The van der Waals surface area contributed by atoms with Gasteiger partial charge in [-0.3, -0.25) is 4.79 Å². The van der Waals surface area contributed by atoms with Gasteiger partial charge in [-0.2, -0.15) is 0 Å². The van der Waals surface area contributed by atoms with Crippen molar-refractivity contribution in [3.63, 3.8) is 0 Å². The number of ketones is 1. The molecule has 0 aromatic carbocycles. The molecule has 2 N–H and O–H groups in total. The van der Waals surface area contributed by atoms with Crippen LogP contribution >= 0.6 is 0 Å². The summed E-state index contributed by atoms with van der Waals surface area (Å²) < 4.78 is 0. The van der Waals surface area contributed by atoms with E-state index in [1.807, 2.05) is 27.7 Å². The summed E-state index contributed by atoms with van der Waals surface area (Å²) in [4.78, 5) is 18.6. The maximum Gasteiger partial charge on any atom is 0.201 e. The van der Waals surface area contributed by atoms with Gasteiger partial charge >= 0.3 is 0 Å². The second kappa shape index (κ2) is 4.26. The number of hydrogen-bond donors (Lipinski definition) is 2. The molecule has 0 amide bonds. The Morgan fingerprint density at radius 3 is 2.57 bits per heavy atom. The van der Waals surface area contributed by atoms with E-state index in [0.29, 0.717) is 17.7 Å². The molecular formula is C10H17N3O. The number of aromatic amines is 1. The van der Waals surface area contributed by atoms with Gasteiger partial charge in [-0.25, -0.2) is 4.98 Å².